The summed E-state index contributed by atoms with van der Waals surface area (Å²) in [5.74, 6) is 0.0319. The van der Waals surface area contributed by atoms with E-state index in [0.717, 1.165) is 17.9 Å². The molecule has 0 bridgehead atoms. The SMILES string of the molecule is CCNc1ccc(C(=O)N(CC)c2ccc(C)cc2)cc1. The lowest BCUT2D eigenvalue weighted by molar-refractivity contribution is 0.0988. The van der Waals surface area contributed by atoms with Crippen molar-refractivity contribution in [1.82, 2.24) is 0 Å². The van der Waals surface area contributed by atoms with E-state index in [9.17, 15) is 4.79 Å². The lowest BCUT2D eigenvalue weighted by Gasteiger charge is -2.21. The Kier molecular flexibility index (Phi) is 4.99. The Hall–Kier alpha value is -2.29. The Morgan fingerprint density at radius 1 is 1.00 bits per heavy atom. The van der Waals surface area contributed by atoms with Gasteiger partial charge in [-0.2, -0.15) is 0 Å². The Labute approximate surface area is 126 Å². The molecule has 0 saturated heterocycles. The number of amides is 1. The lowest BCUT2D eigenvalue weighted by atomic mass is 10.1. The molecule has 0 aromatic heterocycles. The average Bonchev–Trinajstić information content (AvgIpc) is 2.51. The minimum Gasteiger partial charge on any atom is -0.385 e. The van der Waals surface area contributed by atoms with Gasteiger partial charge < -0.3 is 10.2 Å². The fourth-order valence-electron chi connectivity index (χ4n) is 2.26. The standard InChI is InChI=1S/C18H22N2O/c1-4-19-16-10-8-15(9-11-16)18(21)20(5-2)17-12-6-14(3)7-13-17/h6-13,19H,4-5H2,1-3H3. The van der Waals surface area contributed by atoms with Gasteiger partial charge in [0.2, 0.25) is 0 Å². The third-order valence-corrected chi connectivity index (χ3v) is 3.42. The Morgan fingerprint density at radius 2 is 1.62 bits per heavy atom. The fraction of sp³-hybridized carbons (Fsp3) is 0.278. The number of hydrogen-bond donors (Lipinski definition) is 1. The topological polar surface area (TPSA) is 32.3 Å². The quantitative estimate of drug-likeness (QED) is 0.895. The molecule has 0 saturated carbocycles. The van der Waals surface area contributed by atoms with Gasteiger partial charge in [-0.25, -0.2) is 0 Å². The molecule has 0 radical (unpaired) electrons. The molecule has 1 N–H and O–H groups in total. The molecular formula is C18H22N2O. The first-order valence-corrected chi connectivity index (χ1v) is 7.38. The van der Waals surface area contributed by atoms with Crippen molar-refractivity contribution in [3.8, 4) is 0 Å². The van der Waals surface area contributed by atoms with Crippen molar-refractivity contribution in [2.45, 2.75) is 20.8 Å². The van der Waals surface area contributed by atoms with E-state index in [0.29, 0.717) is 12.1 Å². The molecule has 0 atom stereocenters. The predicted molar refractivity (Wildman–Crippen MR) is 89.1 cm³/mol. The van der Waals surface area contributed by atoms with Crippen molar-refractivity contribution in [3.63, 3.8) is 0 Å². The molecule has 0 aliphatic carbocycles. The summed E-state index contributed by atoms with van der Waals surface area (Å²) in [6.45, 7) is 7.61. The van der Waals surface area contributed by atoms with Crippen LogP contribution in [0.4, 0.5) is 11.4 Å². The van der Waals surface area contributed by atoms with Gasteiger partial charge in [-0.3, -0.25) is 4.79 Å². The molecule has 0 spiro atoms. The molecule has 3 nitrogen and oxygen atoms in total. The highest BCUT2D eigenvalue weighted by Crippen LogP contribution is 2.19. The van der Waals surface area contributed by atoms with Crippen molar-refractivity contribution in [2.24, 2.45) is 0 Å². The molecule has 2 rings (SSSR count). The number of nitrogens with one attached hydrogen (secondary N) is 1. The third-order valence-electron chi connectivity index (χ3n) is 3.42. The zero-order valence-electron chi connectivity index (χ0n) is 12.9. The van der Waals surface area contributed by atoms with Gasteiger partial charge in [0.05, 0.1) is 0 Å². The Bertz CT molecular complexity index is 588. The number of benzene rings is 2. The average molecular weight is 282 g/mol. The minimum atomic E-state index is 0.0319. The molecule has 0 fully saturated rings. The number of rotatable bonds is 5. The number of anilines is 2. The van der Waals surface area contributed by atoms with Crippen molar-refractivity contribution < 1.29 is 4.79 Å². The maximum absolute atomic E-state index is 12.6. The first-order chi connectivity index (χ1) is 10.2. The smallest absolute Gasteiger partial charge is 0.258 e. The van der Waals surface area contributed by atoms with Gasteiger partial charge in [0.25, 0.3) is 5.91 Å². The van der Waals surface area contributed by atoms with Crippen LogP contribution in [0.15, 0.2) is 48.5 Å². The first kappa shape index (κ1) is 15.1. The number of hydrogen-bond acceptors (Lipinski definition) is 2. The van der Waals surface area contributed by atoms with E-state index in [-0.39, 0.29) is 5.91 Å². The van der Waals surface area contributed by atoms with E-state index < -0.39 is 0 Å². The van der Waals surface area contributed by atoms with Gasteiger partial charge in [-0.1, -0.05) is 17.7 Å². The van der Waals surface area contributed by atoms with Crippen LogP contribution in [-0.2, 0) is 0 Å². The van der Waals surface area contributed by atoms with Crippen LogP contribution in [0, 0.1) is 6.92 Å². The third kappa shape index (κ3) is 3.63. The van der Waals surface area contributed by atoms with Gasteiger partial charge in [-0.05, 0) is 57.2 Å². The molecule has 1 amide bonds. The van der Waals surface area contributed by atoms with Gasteiger partial charge in [0.1, 0.15) is 0 Å². The summed E-state index contributed by atoms with van der Waals surface area (Å²) in [7, 11) is 0. The van der Waals surface area contributed by atoms with Crippen molar-refractivity contribution >= 4 is 17.3 Å². The zero-order chi connectivity index (χ0) is 15.2. The molecule has 3 heteroatoms. The van der Waals surface area contributed by atoms with E-state index >= 15 is 0 Å². The van der Waals surface area contributed by atoms with Crippen LogP contribution in [-0.4, -0.2) is 19.0 Å². The highest BCUT2D eigenvalue weighted by atomic mass is 16.2. The predicted octanol–water partition coefficient (Wildman–Crippen LogP) is 4.09. The number of carbonyl (C=O) groups excluding carboxylic acids is 1. The van der Waals surface area contributed by atoms with Crippen LogP contribution in [0.25, 0.3) is 0 Å². The number of carbonyl (C=O) groups is 1. The second kappa shape index (κ2) is 6.93. The lowest BCUT2D eigenvalue weighted by Crippen LogP contribution is -2.30. The largest absolute Gasteiger partial charge is 0.385 e. The van der Waals surface area contributed by atoms with E-state index in [1.807, 2.05) is 62.4 Å². The maximum atomic E-state index is 12.6. The van der Waals surface area contributed by atoms with Gasteiger partial charge in [0.15, 0.2) is 0 Å². The molecule has 0 heterocycles. The summed E-state index contributed by atoms with van der Waals surface area (Å²) >= 11 is 0. The van der Waals surface area contributed by atoms with Crippen LogP contribution in [0.3, 0.4) is 0 Å². The van der Waals surface area contributed by atoms with Crippen LogP contribution in [0.1, 0.15) is 29.8 Å². The van der Waals surface area contributed by atoms with Crippen molar-refractivity contribution in [1.29, 1.82) is 0 Å². The number of nitrogens with zero attached hydrogens (tertiary/aromatic N) is 1. The molecular weight excluding hydrogens is 260 g/mol. The fourth-order valence-corrected chi connectivity index (χ4v) is 2.26. The molecule has 2 aromatic rings. The summed E-state index contributed by atoms with van der Waals surface area (Å²) in [5, 5.41) is 3.23. The molecule has 110 valence electrons. The molecule has 21 heavy (non-hydrogen) atoms. The van der Waals surface area contributed by atoms with Crippen LogP contribution in [0.2, 0.25) is 0 Å². The summed E-state index contributed by atoms with van der Waals surface area (Å²) in [6.07, 6.45) is 0. The highest BCUT2D eigenvalue weighted by Gasteiger charge is 2.15. The van der Waals surface area contributed by atoms with Crippen LogP contribution in [0.5, 0.6) is 0 Å². The summed E-state index contributed by atoms with van der Waals surface area (Å²) in [4.78, 5) is 14.4. The zero-order valence-corrected chi connectivity index (χ0v) is 12.9. The van der Waals surface area contributed by atoms with E-state index in [1.54, 1.807) is 4.90 Å². The van der Waals surface area contributed by atoms with E-state index in [4.69, 9.17) is 0 Å². The van der Waals surface area contributed by atoms with Gasteiger partial charge in [-0.15, -0.1) is 0 Å². The minimum absolute atomic E-state index is 0.0319. The van der Waals surface area contributed by atoms with Crippen molar-refractivity contribution in [2.75, 3.05) is 23.3 Å². The molecule has 0 aliphatic rings. The molecule has 0 aliphatic heterocycles. The number of aryl methyl sites for hydroxylation is 1. The van der Waals surface area contributed by atoms with Crippen LogP contribution < -0.4 is 10.2 Å². The molecule has 2 aromatic carbocycles. The Morgan fingerprint density at radius 3 is 2.14 bits per heavy atom. The Balaban J connectivity index is 2.21. The van der Waals surface area contributed by atoms with E-state index in [1.165, 1.54) is 5.56 Å². The summed E-state index contributed by atoms with van der Waals surface area (Å²) in [6, 6.07) is 15.7. The van der Waals surface area contributed by atoms with Gasteiger partial charge >= 0.3 is 0 Å². The summed E-state index contributed by atoms with van der Waals surface area (Å²) < 4.78 is 0. The normalized spacial score (nSPS) is 10.2. The first-order valence-electron chi connectivity index (χ1n) is 7.38. The highest BCUT2D eigenvalue weighted by molar-refractivity contribution is 6.06. The second-order valence-electron chi connectivity index (χ2n) is 4.99. The monoisotopic (exact) mass is 282 g/mol. The van der Waals surface area contributed by atoms with Gasteiger partial charge in [0, 0.05) is 30.0 Å². The maximum Gasteiger partial charge on any atom is 0.258 e. The second-order valence-corrected chi connectivity index (χ2v) is 4.99. The molecule has 0 unspecified atom stereocenters. The summed E-state index contributed by atoms with van der Waals surface area (Å²) in [5.41, 5.74) is 3.87. The van der Waals surface area contributed by atoms with Crippen LogP contribution >= 0.6 is 0 Å². The van der Waals surface area contributed by atoms with Crippen molar-refractivity contribution in [3.05, 3.63) is 59.7 Å². The van der Waals surface area contributed by atoms with E-state index in [2.05, 4.69) is 12.2 Å².